The molecule has 3 N–H and O–H groups in total. The van der Waals surface area contributed by atoms with Crippen molar-refractivity contribution < 1.29 is 5.11 Å². The summed E-state index contributed by atoms with van der Waals surface area (Å²) in [6, 6.07) is 0. The van der Waals surface area contributed by atoms with E-state index >= 15 is 0 Å². The first-order valence-electron chi connectivity index (χ1n) is 6.61. The van der Waals surface area contributed by atoms with Crippen LogP contribution in [0.1, 0.15) is 18.4 Å². The summed E-state index contributed by atoms with van der Waals surface area (Å²) in [5, 5.41) is 10.7. The Balaban J connectivity index is 2.19. The normalized spacial score (nSPS) is 23.9. The number of aromatic nitrogens is 2. The molecule has 19 heavy (non-hydrogen) atoms. The highest BCUT2D eigenvalue weighted by Gasteiger charge is 2.34. The number of piperidine rings is 1. The third-order valence-corrected chi connectivity index (χ3v) is 3.43. The summed E-state index contributed by atoms with van der Waals surface area (Å²) in [5.74, 6) is 1.12. The van der Waals surface area contributed by atoms with E-state index in [1.54, 1.807) is 6.20 Å². The van der Waals surface area contributed by atoms with E-state index in [9.17, 15) is 5.11 Å². The van der Waals surface area contributed by atoms with Crippen molar-refractivity contribution in [2.75, 3.05) is 44.4 Å². The number of hydrogen-bond acceptors (Lipinski definition) is 6. The Morgan fingerprint density at radius 2 is 2.26 bits per heavy atom. The summed E-state index contributed by atoms with van der Waals surface area (Å²) >= 11 is 0. The second-order valence-electron chi connectivity index (χ2n) is 5.72. The molecule has 2 rings (SSSR count). The van der Waals surface area contributed by atoms with Gasteiger partial charge in [0.25, 0.3) is 0 Å². The van der Waals surface area contributed by atoms with Gasteiger partial charge in [-0.05, 0) is 33.9 Å². The molecule has 1 atom stereocenters. The van der Waals surface area contributed by atoms with E-state index in [-0.39, 0.29) is 5.95 Å². The van der Waals surface area contributed by atoms with Crippen LogP contribution in [-0.4, -0.2) is 59.3 Å². The van der Waals surface area contributed by atoms with E-state index < -0.39 is 5.60 Å². The van der Waals surface area contributed by atoms with Crippen LogP contribution in [0, 0.1) is 6.92 Å². The average molecular weight is 265 g/mol. The van der Waals surface area contributed by atoms with Crippen molar-refractivity contribution in [2.24, 2.45) is 0 Å². The van der Waals surface area contributed by atoms with Gasteiger partial charge in [-0.3, -0.25) is 0 Å². The quantitative estimate of drug-likeness (QED) is 0.816. The van der Waals surface area contributed by atoms with Gasteiger partial charge in [-0.25, -0.2) is 4.98 Å². The molecule has 0 bridgehead atoms. The zero-order valence-electron chi connectivity index (χ0n) is 11.9. The molecular formula is C13H23N5O. The third-order valence-electron chi connectivity index (χ3n) is 3.43. The molecule has 0 aromatic carbocycles. The molecule has 6 heteroatoms. The molecule has 6 nitrogen and oxygen atoms in total. The lowest BCUT2D eigenvalue weighted by molar-refractivity contribution is 0.00350. The van der Waals surface area contributed by atoms with Crippen molar-refractivity contribution in [3.8, 4) is 0 Å². The van der Waals surface area contributed by atoms with E-state index in [0.29, 0.717) is 13.1 Å². The van der Waals surface area contributed by atoms with Crippen molar-refractivity contribution in [3.63, 3.8) is 0 Å². The topological polar surface area (TPSA) is 78.5 Å². The lowest BCUT2D eigenvalue weighted by atomic mass is 9.92. The van der Waals surface area contributed by atoms with Gasteiger partial charge in [0.1, 0.15) is 5.82 Å². The minimum atomic E-state index is -0.687. The molecule has 1 aliphatic rings. The van der Waals surface area contributed by atoms with Crippen LogP contribution >= 0.6 is 0 Å². The molecule has 0 aliphatic carbocycles. The van der Waals surface area contributed by atoms with Gasteiger partial charge in [-0.15, -0.1) is 0 Å². The van der Waals surface area contributed by atoms with Gasteiger partial charge >= 0.3 is 0 Å². The fourth-order valence-corrected chi connectivity index (χ4v) is 2.78. The van der Waals surface area contributed by atoms with Crippen LogP contribution in [-0.2, 0) is 0 Å². The van der Waals surface area contributed by atoms with Crippen LogP contribution in [0.4, 0.5) is 11.8 Å². The molecule has 0 amide bonds. The molecule has 0 radical (unpaired) electrons. The third kappa shape index (κ3) is 3.33. The molecule has 0 saturated carbocycles. The lowest BCUT2D eigenvalue weighted by Crippen LogP contribution is -2.53. The van der Waals surface area contributed by atoms with Crippen molar-refractivity contribution >= 4 is 11.8 Å². The second-order valence-corrected chi connectivity index (χ2v) is 5.72. The predicted molar refractivity (Wildman–Crippen MR) is 76.1 cm³/mol. The van der Waals surface area contributed by atoms with Gasteiger partial charge in [-0.2, -0.15) is 4.98 Å². The minimum Gasteiger partial charge on any atom is -0.387 e. The highest BCUT2D eigenvalue weighted by atomic mass is 16.3. The molecule has 0 spiro atoms. The Bertz CT molecular complexity index is 451. The summed E-state index contributed by atoms with van der Waals surface area (Å²) < 4.78 is 0. The number of likely N-dealkylation sites (N-methyl/N-ethyl adjacent to an activating group) is 1. The fourth-order valence-electron chi connectivity index (χ4n) is 2.78. The first-order chi connectivity index (χ1) is 8.89. The number of nitrogens with zero attached hydrogens (tertiary/aromatic N) is 4. The number of nitrogen functional groups attached to an aromatic ring is 1. The Labute approximate surface area is 114 Å². The molecule has 1 unspecified atom stereocenters. The summed E-state index contributed by atoms with van der Waals surface area (Å²) in [4.78, 5) is 12.4. The van der Waals surface area contributed by atoms with Crippen LogP contribution in [0.15, 0.2) is 6.20 Å². The number of aliphatic hydroxyl groups is 1. The van der Waals surface area contributed by atoms with Crippen molar-refractivity contribution in [2.45, 2.75) is 25.4 Å². The Morgan fingerprint density at radius 1 is 1.53 bits per heavy atom. The number of β-amino-alcohol motifs (C(OH)–C–C–N with tert-alkyl or cyclic N) is 1. The highest BCUT2D eigenvalue weighted by Crippen LogP contribution is 2.27. The first kappa shape index (κ1) is 14.0. The van der Waals surface area contributed by atoms with Gasteiger partial charge in [-0.1, -0.05) is 0 Å². The SMILES string of the molecule is Cc1cnc(N)nc1N1CCCC(O)(CN(C)C)C1. The maximum absolute atomic E-state index is 10.7. The van der Waals surface area contributed by atoms with Crippen LogP contribution in [0.25, 0.3) is 0 Å². The van der Waals surface area contributed by atoms with Gasteiger partial charge in [0.05, 0.1) is 5.60 Å². The standard InChI is InChI=1S/C13H23N5O/c1-10-7-15-12(14)16-11(10)18-6-4-5-13(19,9-18)8-17(2)3/h7,19H,4-6,8-9H2,1-3H3,(H2,14,15,16). The maximum atomic E-state index is 10.7. The van der Waals surface area contributed by atoms with E-state index in [4.69, 9.17) is 5.73 Å². The van der Waals surface area contributed by atoms with Crippen LogP contribution in [0.2, 0.25) is 0 Å². The Hall–Kier alpha value is -1.40. The first-order valence-corrected chi connectivity index (χ1v) is 6.61. The number of rotatable bonds is 3. The molecule has 1 aromatic rings. The van der Waals surface area contributed by atoms with Gasteiger partial charge < -0.3 is 20.6 Å². The second kappa shape index (κ2) is 5.30. The van der Waals surface area contributed by atoms with E-state index in [0.717, 1.165) is 30.8 Å². The van der Waals surface area contributed by atoms with Crippen molar-refractivity contribution in [1.29, 1.82) is 0 Å². The molecule has 2 heterocycles. The molecule has 1 aliphatic heterocycles. The number of nitrogens with two attached hydrogens (primary N) is 1. The monoisotopic (exact) mass is 265 g/mol. The van der Waals surface area contributed by atoms with Crippen LogP contribution in [0.5, 0.6) is 0 Å². The van der Waals surface area contributed by atoms with Crippen LogP contribution in [0.3, 0.4) is 0 Å². The average Bonchev–Trinajstić information content (AvgIpc) is 2.30. The molecule has 106 valence electrons. The number of anilines is 2. The number of hydrogen-bond donors (Lipinski definition) is 2. The van der Waals surface area contributed by atoms with E-state index in [2.05, 4.69) is 14.9 Å². The maximum Gasteiger partial charge on any atom is 0.221 e. The summed E-state index contributed by atoms with van der Waals surface area (Å²) in [5.41, 5.74) is 5.97. The zero-order valence-corrected chi connectivity index (χ0v) is 11.9. The van der Waals surface area contributed by atoms with Gasteiger partial charge in [0.2, 0.25) is 5.95 Å². The minimum absolute atomic E-state index is 0.280. The predicted octanol–water partition coefficient (Wildman–Crippen LogP) is 0.260. The van der Waals surface area contributed by atoms with Crippen molar-refractivity contribution in [3.05, 3.63) is 11.8 Å². The Morgan fingerprint density at radius 3 is 2.95 bits per heavy atom. The van der Waals surface area contributed by atoms with E-state index in [1.807, 2.05) is 25.9 Å². The van der Waals surface area contributed by atoms with Crippen LogP contribution < -0.4 is 10.6 Å². The largest absolute Gasteiger partial charge is 0.387 e. The van der Waals surface area contributed by atoms with Crippen molar-refractivity contribution in [1.82, 2.24) is 14.9 Å². The summed E-state index contributed by atoms with van der Waals surface area (Å²) in [6.45, 7) is 4.10. The zero-order chi connectivity index (χ0) is 14.0. The molecule has 1 aromatic heterocycles. The molecular weight excluding hydrogens is 242 g/mol. The molecule has 1 fully saturated rings. The summed E-state index contributed by atoms with van der Waals surface area (Å²) in [7, 11) is 3.95. The van der Waals surface area contributed by atoms with Gasteiger partial charge in [0.15, 0.2) is 0 Å². The Kier molecular flexibility index (Phi) is 3.91. The molecule has 1 saturated heterocycles. The summed E-state index contributed by atoms with van der Waals surface area (Å²) in [6.07, 6.45) is 3.51. The fraction of sp³-hybridized carbons (Fsp3) is 0.692. The highest BCUT2D eigenvalue weighted by molar-refractivity contribution is 5.48. The number of aryl methyl sites for hydroxylation is 1. The lowest BCUT2D eigenvalue weighted by Gasteiger charge is -2.41. The smallest absolute Gasteiger partial charge is 0.221 e. The van der Waals surface area contributed by atoms with Gasteiger partial charge in [0, 0.05) is 31.4 Å². The van der Waals surface area contributed by atoms with E-state index in [1.165, 1.54) is 0 Å².